The Morgan fingerprint density at radius 2 is 2.05 bits per heavy atom. The molecule has 0 N–H and O–H groups in total. The quantitative estimate of drug-likeness (QED) is 0.868. The van der Waals surface area contributed by atoms with Crippen LogP contribution in [0, 0.1) is 19.8 Å². The Balaban J connectivity index is 1.70. The van der Waals surface area contributed by atoms with Gasteiger partial charge in [-0.05, 0) is 56.7 Å². The molecule has 1 saturated heterocycles. The maximum absolute atomic E-state index is 4.60. The largest absolute Gasteiger partial charge is 0.341 e. The molecule has 110 valence electrons. The first-order valence-corrected chi connectivity index (χ1v) is 7.67. The standard InChI is InChI=1S/C17H22N4/c1-13-9-14(2)20-17(19-13)21-8-4-6-16(12-21)10-15-5-3-7-18-11-15/h3,5,7,9,11,16H,4,6,8,10,12H2,1-2H3/t16-/m0/s1. The second kappa shape index (κ2) is 6.20. The zero-order chi connectivity index (χ0) is 14.7. The molecule has 1 fully saturated rings. The number of hydrogen-bond donors (Lipinski definition) is 0. The number of aryl methyl sites for hydroxylation is 2. The van der Waals surface area contributed by atoms with Crippen LogP contribution in [0.4, 0.5) is 5.95 Å². The summed E-state index contributed by atoms with van der Waals surface area (Å²) in [5.74, 6) is 1.55. The summed E-state index contributed by atoms with van der Waals surface area (Å²) in [5, 5.41) is 0. The second-order valence-corrected chi connectivity index (χ2v) is 5.97. The lowest BCUT2D eigenvalue weighted by Crippen LogP contribution is -2.37. The average Bonchev–Trinajstić information content (AvgIpc) is 2.47. The first-order chi connectivity index (χ1) is 10.2. The van der Waals surface area contributed by atoms with Gasteiger partial charge >= 0.3 is 0 Å². The summed E-state index contributed by atoms with van der Waals surface area (Å²) in [4.78, 5) is 15.8. The Bertz CT molecular complexity index is 577. The highest BCUT2D eigenvalue weighted by Crippen LogP contribution is 2.23. The fourth-order valence-electron chi connectivity index (χ4n) is 3.11. The van der Waals surface area contributed by atoms with E-state index in [1.807, 2.05) is 38.4 Å². The molecule has 0 amide bonds. The minimum Gasteiger partial charge on any atom is -0.341 e. The average molecular weight is 282 g/mol. The van der Waals surface area contributed by atoms with Gasteiger partial charge in [-0.25, -0.2) is 9.97 Å². The Morgan fingerprint density at radius 3 is 2.76 bits per heavy atom. The van der Waals surface area contributed by atoms with Gasteiger partial charge in [-0.15, -0.1) is 0 Å². The predicted octanol–water partition coefficient (Wildman–Crippen LogP) is 2.95. The van der Waals surface area contributed by atoms with Gasteiger partial charge < -0.3 is 4.90 Å². The molecule has 0 saturated carbocycles. The van der Waals surface area contributed by atoms with Gasteiger partial charge in [0.2, 0.25) is 5.95 Å². The Kier molecular flexibility index (Phi) is 4.13. The van der Waals surface area contributed by atoms with Crippen LogP contribution >= 0.6 is 0 Å². The van der Waals surface area contributed by atoms with Crippen LogP contribution in [0.5, 0.6) is 0 Å². The number of hydrogen-bond acceptors (Lipinski definition) is 4. The summed E-state index contributed by atoms with van der Waals surface area (Å²) >= 11 is 0. The fraction of sp³-hybridized carbons (Fsp3) is 0.471. The van der Waals surface area contributed by atoms with E-state index in [1.165, 1.54) is 18.4 Å². The summed E-state index contributed by atoms with van der Waals surface area (Å²) in [6, 6.07) is 6.21. The molecule has 1 aliphatic rings. The zero-order valence-electron chi connectivity index (χ0n) is 12.8. The summed E-state index contributed by atoms with van der Waals surface area (Å²) in [6.07, 6.45) is 7.39. The van der Waals surface area contributed by atoms with Crippen molar-refractivity contribution in [3.05, 3.63) is 47.5 Å². The van der Waals surface area contributed by atoms with E-state index >= 15 is 0 Å². The lowest BCUT2D eigenvalue weighted by Gasteiger charge is -2.33. The zero-order valence-corrected chi connectivity index (χ0v) is 12.8. The number of pyridine rings is 1. The van der Waals surface area contributed by atoms with Crippen LogP contribution in [-0.4, -0.2) is 28.0 Å². The highest BCUT2D eigenvalue weighted by atomic mass is 15.3. The van der Waals surface area contributed by atoms with Gasteiger partial charge in [0.15, 0.2) is 0 Å². The molecule has 0 spiro atoms. The molecule has 0 radical (unpaired) electrons. The first-order valence-electron chi connectivity index (χ1n) is 7.67. The van der Waals surface area contributed by atoms with Crippen molar-refractivity contribution in [3.63, 3.8) is 0 Å². The van der Waals surface area contributed by atoms with Crippen molar-refractivity contribution in [1.82, 2.24) is 15.0 Å². The number of rotatable bonds is 3. The van der Waals surface area contributed by atoms with Crippen molar-refractivity contribution in [1.29, 1.82) is 0 Å². The fourth-order valence-corrected chi connectivity index (χ4v) is 3.11. The number of nitrogens with zero attached hydrogens (tertiary/aromatic N) is 4. The Labute approximate surface area is 126 Å². The first kappa shape index (κ1) is 14.0. The molecule has 0 aromatic carbocycles. The molecule has 0 bridgehead atoms. The van der Waals surface area contributed by atoms with Gasteiger partial charge in [0.1, 0.15) is 0 Å². The topological polar surface area (TPSA) is 41.9 Å². The van der Waals surface area contributed by atoms with Crippen LogP contribution in [0.15, 0.2) is 30.6 Å². The van der Waals surface area contributed by atoms with Gasteiger partial charge in [0, 0.05) is 36.9 Å². The van der Waals surface area contributed by atoms with E-state index in [0.29, 0.717) is 5.92 Å². The van der Waals surface area contributed by atoms with Crippen LogP contribution in [-0.2, 0) is 6.42 Å². The van der Waals surface area contributed by atoms with Crippen LogP contribution < -0.4 is 4.90 Å². The van der Waals surface area contributed by atoms with Crippen molar-refractivity contribution in [3.8, 4) is 0 Å². The summed E-state index contributed by atoms with van der Waals surface area (Å²) in [5.41, 5.74) is 3.42. The van der Waals surface area contributed by atoms with Gasteiger partial charge in [-0.1, -0.05) is 6.07 Å². The SMILES string of the molecule is Cc1cc(C)nc(N2CCC[C@@H](Cc3cccnc3)C2)n1. The number of piperidine rings is 1. The van der Waals surface area contributed by atoms with E-state index in [1.54, 1.807) is 0 Å². The maximum Gasteiger partial charge on any atom is 0.225 e. The molecule has 1 aliphatic heterocycles. The van der Waals surface area contributed by atoms with Crippen LogP contribution in [0.1, 0.15) is 29.8 Å². The molecule has 0 aliphatic carbocycles. The van der Waals surface area contributed by atoms with Crippen molar-refractivity contribution in [2.75, 3.05) is 18.0 Å². The third-order valence-electron chi connectivity index (χ3n) is 4.02. The number of aromatic nitrogens is 3. The molecular weight excluding hydrogens is 260 g/mol. The molecule has 3 rings (SSSR count). The van der Waals surface area contributed by atoms with E-state index in [9.17, 15) is 0 Å². The second-order valence-electron chi connectivity index (χ2n) is 5.97. The molecule has 1 atom stereocenters. The van der Waals surface area contributed by atoms with Gasteiger partial charge in [0.25, 0.3) is 0 Å². The molecule has 4 nitrogen and oxygen atoms in total. The van der Waals surface area contributed by atoms with E-state index < -0.39 is 0 Å². The van der Waals surface area contributed by atoms with Crippen molar-refractivity contribution in [2.24, 2.45) is 5.92 Å². The van der Waals surface area contributed by atoms with Crippen LogP contribution in [0.2, 0.25) is 0 Å². The van der Waals surface area contributed by atoms with Crippen LogP contribution in [0.25, 0.3) is 0 Å². The smallest absolute Gasteiger partial charge is 0.225 e. The third-order valence-corrected chi connectivity index (χ3v) is 4.02. The number of anilines is 1. The summed E-state index contributed by atoms with van der Waals surface area (Å²) in [7, 11) is 0. The third kappa shape index (κ3) is 3.57. The summed E-state index contributed by atoms with van der Waals surface area (Å²) < 4.78 is 0. The van der Waals surface area contributed by atoms with E-state index in [4.69, 9.17) is 0 Å². The van der Waals surface area contributed by atoms with Crippen molar-refractivity contribution in [2.45, 2.75) is 33.1 Å². The lowest BCUT2D eigenvalue weighted by molar-refractivity contribution is 0.408. The molecule has 4 heteroatoms. The molecule has 2 aromatic rings. The Hall–Kier alpha value is -1.97. The Morgan fingerprint density at radius 1 is 1.24 bits per heavy atom. The van der Waals surface area contributed by atoms with E-state index in [2.05, 4.69) is 25.9 Å². The lowest BCUT2D eigenvalue weighted by atomic mass is 9.92. The maximum atomic E-state index is 4.60. The minimum atomic E-state index is 0.660. The highest BCUT2D eigenvalue weighted by molar-refractivity contribution is 5.33. The van der Waals surface area contributed by atoms with Crippen LogP contribution in [0.3, 0.4) is 0 Å². The normalized spacial score (nSPS) is 18.8. The van der Waals surface area contributed by atoms with E-state index in [0.717, 1.165) is 36.8 Å². The van der Waals surface area contributed by atoms with Crippen molar-refractivity contribution >= 4 is 5.95 Å². The predicted molar refractivity (Wildman–Crippen MR) is 84.4 cm³/mol. The van der Waals surface area contributed by atoms with Gasteiger partial charge in [-0.2, -0.15) is 0 Å². The monoisotopic (exact) mass is 282 g/mol. The molecule has 2 aromatic heterocycles. The van der Waals surface area contributed by atoms with Gasteiger partial charge in [-0.3, -0.25) is 4.98 Å². The molecule has 0 unspecified atom stereocenters. The molecular formula is C17H22N4. The highest BCUT2D eigenvalue weighted by Gasteiger charge is 2.22. The van der Waals surface area contributed by atoms with E-state index in [-0.39, 0.29) is 0 Å². The summed E-state index contributed by atoms with van der Waals surface area (Å²) in [6.45, 7) is 6.18. The van der Waals surface area contributed by atoms with Crippen molar-refractivity contribution < 1.29 is 0 Å². The molecule has 3 heterocycles. The minimum absolute atomic E-state index is 0.660. The van der Waals surface area contributed by atoms with Gasteiger partial charge in [0.05, 0.1) is 0 Å². The molecule has 21 heavy (non-hydrogen) atoms.